The number of carbonyl (C=O) groups excluding carboxylic acids is 2. The minimum Gasteiger partial charge on any atom is -0.444 e. The third-order valence-electron chi connectivity index (χ3n) is 1.84. The SMILES string of the molecule is CC(C)(C)OC(=O)N[C@@H](C=O)CCCCN. The van der Waals surface area contributed by atoms with Crippen LogP contribution in [-0.4, -0.2) is 30.6 Å². The summed E-state index contributed by atoms with van der Waals surface area (Å²) in [5.74, 6) is 0. The van der Waals surface area contributed by atoms with Gasteiger partial charge in [0.2, 0.25) is 0 Å². The Kier molecular flexibility index (Phi) is 6.72. The van der Waals surface area contributed by atoms with Crippen LogP contribution in [0.25, 0.3) is 0 Å². The number of hydrogen-bond donors (Lipinski definition) is 2. The molecule has 1 atom stereocenters. The van der Waals surface area contributed by atoms with Gasteiger partial charge in [-0.1, -0.05) is 0 Å². The van der Waals surface area contributed by atoms with Gasteiger partial charge in [-0.2, -0.15) is 0 Å². The third kappa shape index (κ3) is 8.23. The summed E-state index contributed by atoms with van der Waals surface area (Å²) in [6.07, 6.45) is 2.42. The molecule has 0 saturated heterocycles. The minimum absolute atomic E-state index is 0.485. The van der Waals surface area contributed by atoms with Gasteiger partial charge in [0.15, 0.2) is 0 Å². The molecule has 0 saturated carbocycles. The van der Waals surface area contributed by atoms with Crippen molar-refractivity contribution in [1.82, 2.24) is 5.32 Å². The van der Waals surface area contributed by atoms with Gasteiger partial charge in [0.1, 0.15) is 11.9 Å². The largest absolute Gasteiger partial charge is 0.444 e. The van der Waals surface area contributed by atoms with Crippen LogP contribution in [-0.2, 0) is 9.53 Å². The molecule has 5 heteroatoms. The molecule has 5 nitrogen and oxygen atoms in total. The van der Waals surface area contributed by atoms with Crippen LogP contribution in [0.15, 0.2) is 0 Å². The third-order valence-corrected chi connectivity index (χ3v) is 1.84. The van der Waals surface area contributed by atoms with Gasteiger partial charge >= 0.3 is 6.09 Å². The van der Waals surface area contributed by atoms with E-state index in [-0.39, 0.29) is 0 Å². The van der Waals surface area contributed by atoms with Gasteiger partial charge < -0.3 is 20.6 Å². The van der Waals surface area contributed by atoms with E-state index in [4.69, 9.17) is 10.5 Å². The molecule has 94 valence electrons. The minimum atomic E-state index is -0.558. The van der Waals surface area contributed by atoms with E-state index in [1.54, 1.807) is 20.8 Å². The Hall–Kier alpha value is -1.10. The Morgan fingerprint density at radius 3 is 2.50 bits per heavy atom. The van der Waals surface area contributed by atoms with Crippen LogP contribution in [0, 0.1) is 0 Å². The van der Waals surface area contributed by atoms with Gasteiger partial charge in [-0.05, 0) is 46.6 Å². The molecule has 0 aliphatic carbocycles. The second kappa shape index (κ2) is 7.22. The van der Waals surface area contributed by atoms with E-state index in [1.165, 1.54) is 0 Å². The maximum atomic E-state index is 11.3. The number of amides is 1. The zero-order chi connectivity index (χ0) is 12.6. The van der Waals surface area contributed by atoms with Crippen molar-refractivity contribution in [3.05, 3.63) is 0 Å². The number of nitrogens with two attached hydrogens (primary N) is 1. The highest BCUT2D eigenvalue weighted by molar-refractivity contribution is 5.73. The van der Waals surface area contributed by atoms with Crippen LogP contribution in [0.2, 0.25) is 0 Å². The van der Waals surface area contributed by atoms with E-state index in [0.29, 0.717) is 13.0 Å². The summed E-state index contributed by atoms with van der Waals surface area (Å²) in [5, 5.41) is 2.51. The second-order valence-electron chi connectivity index (χ2n) is 4.67. The molecule has 0 aromatic heterocycles. The van der Waals surface area contributed by atoms with E-state index >= 15 is 0 Å². The van der Waals surface area contributed by atoms with Crippen molar-refractivity contribution < 1.29 is 14.3 Å². The van der Waals surface area contributed by atoms with Crippen LogP contribution in [0.5, 0.6) is 0 Å². The summed E-state index contributed by atoms with van der Waals surface area (Å²) in [5.41, 5.74) is 4.79. The zero-order valence-electron chi connectivity index (χ0n) is 10.3. The predicted octanol–water partition coefficient (Wildman–Crippen LogP) is 1.21. The van der Waals surface area contributed by atoms with E-state index in [0.717, 1.165) is 19.1 Å². The molecular formula is C11H22N2O3. The van der Waals surface area contributed by atoms with E-state index in [2.05, 4.69) is 5.32 Å². The van der Waals surface area contributed by atoms with Crippen LogP contribution < -0.4 is 11.1 Å². The van der Waals surface area contributed by atoms with Gasteiger partial charge in [-0.3, -0.25) is 0 Å². The monoisotopic (exact) mass is 230 g/mol. The molecule has 0 bridgehead atoms. The summed E-state index contributed by atoms with van der Waals surface area (Å²) in [6.45, 7) is 5.92. The first-order chi connectivity index (χ1) is 7.39. The van der Waals surface area contributed by atoms with Gasteiger partial charge in [-0.25, -0.2) is 4.79 Å². The molecule has 3 N–H and O–H groups in total. The maximum Gasteiger partial charge on any atom is 0.408 e. The van der Waals surface area contributed by atoms with Crippen molar-refractivity contribution in [2.75, 3.05) is 6.54 Å². The fraction of sp³-hybridized carbons (Fsp3) is 0.818. The molecule has 1 amide bonds. The number of carbonyl (C=O) groups is 2. The average Bonchev–Trinajstić information content (AvgIpc) is 2.13. The van der Waals surface area contributed by atoms with Crippen molar-refractivity contribution in [2.45, 2.75) is 51.7 Å². The van der Waals surface area contributed by atoms with Gasteiger partial charge in [-0.15, -0.1) is 0 Å². The Bertz CT molecular complexity index is 224. The van der Waals surface area contributed by atoms with Crippen LogP contribution in [0.3, 0.4) is 0 Å². The number of unbranched alkanes of at least 4 members (excludes halogenated alkanes) is 1. The fourth-order valence-electron chi connectivity index (χ4n) is 1.14. The number of aldehydes is 1. The topological polar surface area (TPSA) is 81.4 Å². The lowest BCUT2D eigenvalue weighted by molar-refractivity contribution is -0.109. The van der Waals surface area contributed by atoms with Crippen molar-refractivity contribution >= 4 is 12.4 Å². The lowest BCUT2D eigenvalue weighted by Gasteiger charge is -2.21. The van der Waals surface area contributed by atoms with E-state index in [9.17, 15) is 9.59 Å². The molecule has 0 fully saturated rings. The van der Waals surface area contributed by atoms with Crippen molar-refractivity contribution in [3.8, 4) is 0 Å². The Labute approximate surface area is 96.7 Å². The highest BCUT2D eigenvalue weighted by atomic mass is 16.6. The molecule has 16 heavy (non-hydrogen) atoms. The molecule has 0 rings (SSSR count). The van der Waals surface area contributed by atoms with Crippen LogP contribution in [0.1, 0.15) is 40.0 Å². The maximum absolute atomic E-state index is 11.3. The van der Waals surface area contributed by atoms with Crippen LogP contribution >= 0.6 is 0 Å². The molecule has 0 heterocycles. The normalized spacial score (nSPS) is 13.0. The lowest BCUT2D eigenvalue weighted by Crippen LogP contribution is -2.40. The molecular weight excluding hydrogens is 208 g/mol. The Morgan fingerprint density at radius 2 is 2.06 bits per heavy atom. The molecule has 0 aromatic carbocycles. The quantitative estimate of drug-likeness (QED) is 0.531. The van der Waals surface area contributed by atoms with Crippen LogP contribution in [0.4, 0.5) is 4.79 Å². The number of nitrogens with one attached hydrogen (secondary N) is 1. The Balaban J connectivity index is 3.92. The first-order valence-electron chi connectivity index (χ1n) is 5.54. The number of hydrogen-bond acceptors (Lipinski definition) is 4. The highest BCUT2D eigenvalue weighted by Crippen LogP contribution is 2.07. The number of alkyl carbamates (subject to hydrolysis) is 1. The molecule has 0 radical (unpaired) electrons. The fourth-order valence-corrected chi connectivity index (χ4v) is 1.14. The highest BCUT2D eigenvalue weighted by Gasteiger charge is 2.18. The molecule has 0 aliphatic heterocycles. The zero-order valence-corrected chi connectivity index (χ0v) is 10.3. The number of rotatable bonds is 6. The summed E-state index contributed by atoms with van der Waals surface area (Å²) in [7, 11) is 0. The smallest absolute Gasteiger partial charge is 0.408 e. The van der Waals surface area contributed by atoms with Crippen molar-refractivity contribution in [3.63, 3.8) is 0 Å². The molecule has 0 aliphatic rings. The van der Waals surface area contributed by atoms with Gasteiger partial charge in [0.05, 0.1) is 6.04 Å². The standard InChI is InChI=1S/C11H22N2O3/c1-11(2,3)16-10(15)13-9(8-14)6-4-5-7-12/h8-9H,4-7,12H2,1-3H3,(H,13,15)/t9-/m1/s1. The number of ether oxygens (including phenoxy) is 1. The summed E-state index contributed by atoms with van der Waals surface area (Å²) < 4.78 is 5.04. The molecule has 0 spiro atoms. The predicted molar refractivity (Wildman–Crippen MR) is 62.1 cm³/mol. The van der Waals surface area contributed by atoms with Crippen molar-refractivity contribution in [2.24, 2.45) is 5.73 Å². The summed E-state index contributed by atoms with van der Waals surface area (Å²) >= 11 is 0. The Morgan fingerprint density at radius 1 is 1.44 bits per heavy atom. The summed E-state index contributed by atoms with van der Waals surface area (Å²) in [4.78, 5) is 22.0. The van der Waals surface area contributed by atoms with Crippen molar-refractivity contribution in [1.29, 1.82) is 0 Å². The molecule has 0 unspecified atom stereocenters. The average molecular weight is 230 g/mol. The summed E-state index contributed by atoms with van der Waals surface area (Å²) in [6, 6.07) is -0.485. The second-order valence-corrected chi connectivity index (χ2v) is 4.67. The van der Waals surface area contributed by atoms with E-state index < -0.39 is 17.7 Å². The lowest BCUT2D eigenvalue weighted by atomic mass is 10.1. The molecule has 0 aromatic rings. The van der Waals surface area contributed by atoms with Gasteiger partial charge in [0, 0.05) is 0 Å². The van der Waals surface area contributed by atoms with Gasteiger partial charge in [0.25, 0.3) is 0 Å². The first kappa shape index (κ1) is 14.9. The first-order valence-corrected chi connectivity index (χ1v) is 5.54. The van der Waals surface area contributed by atoms with E-state index in [1.807, 2.05) is 0 Å².